The normalized spacial score (nSPS) is 15.6. The Morgan fingerprint density at radius 1 is 0.431 bits per heavy atom. The molecule has 0 unspecified atom stereocenters. The lowest BCUT2D eigenvalue weighted by Crippen LogP contribution is -2.38. The van der Waals surface area contributed by atoms with Gasteiger partial charge in [-0.2, -0.15) is 20.4 Å². The van der Waals surface area contributed by atoms with Crippen molar-refractivity contribution in [3.63, 3.8) is 0 Å². The summed E-state index contributed by atoms with van der Waals surface area (Å²) >= 11 is 18.6. The van der Waals surface area contributed by atoms with Crippen LogP contribution in [0.5, 0.6) is 0 Å². The highest BCUT2D eigenvalue weighted by atomic mass is 35.5. The van der Waals surface area contributed by atoms with E-state index in [-0.39, 0.29) is 11.4 Å². The van der Waals surface area contributed by atoms with Gasteiger partial charge in [-0.25, -0.2) is 23.6 Å². The molecule has 4 N–H and O–H groups in total. The summed E-state index contributed by atoms with van der Waals surface area (Å²) in [5.74, 6) is -3.39. The summed E-state index contributed by atoms with van der Waals surface area (Å²) in [4.78, 5) is 68.2. The average molecular weight is 1520 g/mol. The second-order valence-electron chi connectivity index (χ2n) is 27.9. The molecule has 0 atom stereocenters. The van der Waals surface area contributed by atoms with Crippen LogP contribution < -0.4 is 0 Å². The van der Waals surface area contributed by atoms with Crippen LogP contribution in [-0.2, 0) is 56.6 Å². The van der Waals surface area contributed by atoms with Crippen molar-refractivity contribution in [2.24, 2.45) is 5.92 Å². The lowest BCUT2D eigenvalue weighted by Gasteiger charge is -2.26. The number of nitrogens with zero attached hydrogens (tertiary/aromatic N) is 14. The Kier molecular flexibility index (Phi) is 20.2. The maximum absolute atomic E-state index is 14.1. The fraction of sp³-hybridized carbons (Fsp3) is 0.268. The first-order valence-electron chi connectivity index (χ1n) is 36.2. The highest BCUT2D eigenvalue weighted by Crippen LogP contribution is 2.42. The number of aromatic nitrogens is 12. The van der Waals surface area contributed by atoms with E-state index in [9.17, 15) is 44.0 Å². The Labute approximate surface area is 638 Å². The van der Waals surface area contributed by atoms with Gasteiger partial charge in [0.1, 0.15) is 5.82 Å². The number of carbonyl (C=O) groups is 4. The van der Waals surface area contributed by atoms with Crippen molar-refractivity contribution in [2.45, 2.75) is 84.5 Å². The smallest absolute Gasteiger partial charge is 0.336 e. The van der Waals surface area contributed by atoms with Gasteiger partial charge in [0.05, 0.1) is 116 Å². The Morgan fingerprint density at radius 2 is 0.798 bits per heavy atom. The van der Waals surface area contributed by atoms with E-state index < -0.39 is 23.9 Å². The second-order valence-corrected chi connectivity index (χ2v) is 29.2. The van der Waals surface area contributed by atoms with Crippen LogP contribution in [0.1, 0.15) is 142 Å². The van der Waals surface area contributed by atoms with Crippen molar-refractivity contribution in [1.82, 2.24) is 68.9 Å². The first-order valence-corrected chi connectivity index (χ1v) is 37.4. The molecule has 27 heteroatoms. The number of ether oxygens (including phenoxy) is 1. The van der Waals surface area contributed by atoms with Crippen molar-refractivity contribution in [3.05, 3.63) is 233 Å². The number of hydrogen-bond acceptors (Lipinski definition) is 15. The van der Waals surface area contributed by atoms with Gasteiger partial charge in [0.15, 0.2) is 0 Å². The van der Waals surface area contributed by atoms with Crippen LogP contribution in [0.15, 0.2) is 122 Å². The summed E-state index contributed by atoms with van der Waals surface area (Å²) in [5, 5.41) is 62.9. The molecule has 109 heavy (non-hydrogen) atoms. The zero-order valence-electron chi connectivity index (χ0n) is 59.2. The van der Waals surface area contributed by atoms with Gasteiger partial charge < -0.3 is 30.1 Å². The van der Waals surface area contributed by atoms with Crippen LogP contribution >= 0.6 is 34.8 Å². The maximum atomic E-state index is 14.1. The molecule has 19 rings (SSSR count). The van der Waals surface area contributed by atoms with Gasteiger partial charge in [-0.05, 0) is 218 Å². The predicted molar refractivity (Wildman–Crippen MR) is 416 cm³/mol. The number of aromatic carboxylic acids is 4. The largest absolute Gasteiger partial charge is 0.478 e. The highest BCUT2D eigenvalue weighted by Gasteiger charge is 2.32. The quantitative estimate of drug-likeness (QED) is 0.0659. The molecule has 23 nitrogen and oxygen atoms in total. The van der Waals surface area contributed by atoms with E-state index in [1.165, 1.54) is 56.3 Å². The van der Waals surface area contributed by atoms with Crippen LogP contribution in [0.3, 0.4) is 0 Å². The van der Waals surface area contributed by atoms with E-state index >= 15 is 0 Å². The van der Waals surface area contributed by atoms with Crippen molar-refractivity contribution in [1.29, 1.82) is 0 Å². The molecule has 0 bridgehead atoms. The molecule has 552 valence electrons. The molecule has 0 spiro atoms. The molecule has 0 amide bonds. The number of allylic oxidation sites excluding steroid dienone is 4. The van der Waals surface area contributed by atoms with Gasteiger partial charge in [-0.3, -0.25) is 43.6 Å². The number of halogens is 4. The summed E-state index contributed by atoms with van der Waals surface area (Å²) in [7, 11) is 0. The van der Waals surface area contributed by atoms with Gasteiger partial charge in [-0.15, -0.1) is 0 Å². The number of pyridine rings is 4. The third-order valence-corrected chi connectivity index (χ3v) is 21.8. The van der Waals surface area contributed by atoms with Crippen LogP contribution in [0.25, 0.3) is 90.2 Å². The van der Waals surface area contributed by atoms with E-state index in [1.807, 2.05) is 99.9 Å². The minimum atomic E-state index is -0.977. The van der Waals surface area contributed by atoms with Crippen LogP contribution in [0.2, 0.25) is 15.1 Å². The monoisotopic (exact) mass is 1520 g/mol. The van der Waals surface area contributed by atoms with Gasteiger partial charge in [0, 0.05) is 126 Å². The molecule has 4 aromatic carbocycles. The molecule has 1 saturated carbocycles. The Morgan fingerprint density at radius 3 is 1.22 bits per heavy atom. The molecular weight excluding hydrogens is 1450 g/mol. The first-order chi connectivity index (χ1) is 52.9. The molecule has 0 radical (unpaired) electrons. The third-order valence-electron chi connectivity index (χ3n) is 21.0. The van der Waals surface area contributed by atoms with Gasteiger partial charge >= 0.3 is 23.9 Å². The summed E-state index contributed by atoms with van der Waals surface area (Å²) in [6.07, 6.45) is 20.8. The van der Waals surface area contributed by atoms with Crippen molar-refractivity contribution < 1.29 is 48.7 Å². The Hall–Kier alpha value is -11.1. The molecule has 10 heterocycles. The number of morpholine rings is 1. The molecule has 12 aromatic rings. The number of benzene rings is 4. The maximum Gasteiger partial charge on any atom is 0.336 e. The molecule has 8 aromatic heterocycles. The van der Waals surface area contributed by atoms with Crippen molar-refractivity contribution in [2.75, 3.05) is 52.5 Å². The van der Waals surface area contributed by atoms with E-state index in [0.717, 1.165) is 177 Å². The average Bonchev–Trinajstić information content (AvgIpc) is 1.63. The predicted octanol–water partition coefficient (Wildman–Crippen LogP) is 14.9. The zero-order chi connectivity index (χ0) is 75.3. The third kappa shape index (κ3) is 14.8. The number of rotatable bonds is 17. The van der Waals surface area contributed by atoms with Gasteiger partial charge in [0.2, 0.25) is 0 Å². The summed E-state index contributed by atoms with van der Waals surface area (Å²) in [6.45, 7) is 12.5. The first kappa shape index (κ1) is 72.1. The lowest BCUT2D eigenvalue weighted by molar-refractivity contribution is 0.0361. The van der Waals surface area contributed by atoms with Crippen LogP contribution in [0.4, 0.5) is 4.39 Å². The molecule has 2 aliphatic heterocycles. The number of hydrogen-bond donors (Lipinski definition) is 4. The molecule has 7 aliphatic rings. The van der Waals surface area contributed by atoms with Crippen LogP contribution in [-0.4, -0.2) is 166 Å². The standard InChI is InChI=1S/C22H21ClN4O2.C22H21FN4O3.C20H16ClN3O2.C18H14ClN3O2/c23-15-3-4-20-18(13-15)21(25-27(20)10-9-26-7-1-2-8-26)14-11-17-16(22(28)29)5-6-24-19(17)12-14;23-15-1-2-20-18(13-15)21(25-27(20)6-5-26-7-9-30-10-8-26)14-11-17-16(22(28)29)3-4-24-19(17)12-14;21-13-3-4-15-18(9-13)24(10-11-1-2-11)23-19(15)12-7-16-14(20(25)26)5-6-22-17(16)8-12;1-2-22-16-9-11(19)3-4-13(16)17(21-22)10-7-14-12(18(23)24)5-6-20-15(14)8-10/h3-6,12-13H,1-2,7-11H2,(H,28,29);1-4,12-13H,5-11H2,(H,28,29);3-6,8-9,11H,1-2,7,10H2,(H,25,26);3-6,8-9H,2,7H2,1H3,(H,23,24). The Balaban J connectivity index is 0.000000111. The summed E-state index contributed by atoms with van der Waals surface area (Å²) in [5.41, 5.74) is 17.9. The minimum absolute atomic E-state index is 0.244. The number of fused-ring (bicyclic) bond motifs is 8. The SMILES string of the molecule is CCn1nc(C2=Cc3nccc(C(=O)O)c3C2)c2ccc(Cl)cc21.O=C(O)c1ccnc2c1CC(c1nn(CC3CC3)c3cc(Cl)ccc13)=C2.O=C(O)c1ccnc2c1CC(c1nn(CCN3CCCC3)c3ccc(Cl)cc13)=C2.O=C(O)c1ccnc2c1CC(c1nn(CCN3CCOCC3)c3ccc(F)cc13)=C2. The van der Waals surface area contributed by atoms with E-state index in [2.05, 4.69) is 34.4 Å². The van der Waals surface area contributed by atoms with E-state index in [4.69, 9.17) is 59.9 Å². The lowest BCUT2D eigenvalue weighted by atomic mass is 10.0. The van der Waals surface area contributed by atoms with Crippen LogP contribution in [0, 0.1) is 11.7 Å². The highest BCUT2D eigenvalue weighted by molar-refractivity contribution is 6.32. The zero-order valence-corrected chi connectivity index (χ0v) is 61.4. The van der Waals surface area contributed by atoms with Crippen molar-refractivity contribution >= 4 is 149 Å². The Bertz CT molecular complexity index is 5840. The van der Waals surface area contributed by atoms with Gasteiger partial charge in [-0.1, -0.05) is 34.8 Å². The van der Waals surface area contributed by atoms with E-state index in [0.29, 0.717) is 98.2 Å². The minimum Gasteiger partial charge on any atom is -0.478 e. The molecular formula is C82H72Cl3FN14O9. The summed E-state index contributed by atoms with van der Waals surface area (Å²) < 4.78 is 27.4. The topological polar surface area (TPSA) is 288 Å². The number of likely N-dealkylation sites (tertiary alicyclic amines) is 1. The van der Waals surface area contributed by atoms with Crippen molar-refractivity contribution in [3.8, 4) is 0 Å². The second kappa shape index (κ2) is 30.5. The molecule has 5 aliphatic carbocycles. The fourth-order valence-corrected chi connectivity index (χ4v) is 15.9. The summed E-state index contributed by atoms with van der Waals surface area (Å²) in [6, 6.07) is 28.3. The number of aryl methyl sites for hydroxylation is 1. The van der Waals surface area contributed by atoms with Gasteiger partial charge in [0.25, 0.3) is 0 Å². The molecule has 2 saturated heterocycles. The fourth-order valence-electron chi connectivity index (χ4n) is 15.4. The molecule has 3 fully saturated rings. The number of carboxylic acid groups (broad SMARTS) is 4. The van der Waals surface area contributed by atoms with E-state index in [1.54, 1.807) is 36.7 Å². The number of carboxylic acids is 4.